The first-order valence-electron chi connectivity index (χ1n) is 7.02. The number of carbonyl (C=O) groups is 1. The van der Waals surface area contributed by atoms with Crippen molar-refractivity contribution in [1.82, 2.24) is 14.9 Å². The van der Waals surface area contributed by atoms with Crippen LogP contribution in [0.15, 0.2) is 18.5 Å². The van der Waals surface area contributed by atoms with E-state index in [1.165, 1.54) is 19.5 Å². The van der Waals surface area contributed by atoms with Crippen LogP contribution < -0.4 is 4.74 Å². The van der Waals surface area contributed by atoms with E-state index in [9.17, 15) is 18.7 Å². The van der Waals surface area contributed by atoms with Gasteiger partial charge in [-0.1, -0.05) is 0 Å². The van der Waals surface area contributed by atoms with Crippen molar-refractivity contribution < 1.29 is 23.4 Å². The molecule has 8 heteroatoms. The third kappa shape index (κ3) is 2.65. The first-order chi connectivity index (χ1) is 11.0. The molecule has 0 spiro atoms. The number of aromatic amines is 1. The monoisotopic (exact) mass is 323 g/mol. The largest absolute Gasteiger partial charge is 0.496 e. The summed E-state index contributed by atoms with van der Waals surface area (Å²) in [6, 6.07) is 1.29. The van der Waals surface area contributed by atoms with Crippen LogP contribution in [0.2, 0.25) is 0 Å². The number of carboxylic acids is 1. The normalized spacial score (nSPS) is 17.8. The number of H-pyrrole nitrogens is 1. The van der Waals surface area contributed by atoms with Crippen molar-refractivity contribution in [2.45, 2.75) is 19.0 Å². The molecule has 1 aromatic heterocycles. The third-order valence-corrected chi connectivity index (χ3v) is 3.99. The first kappa shape index (κ1) is 15.4. The third-order valence-electron chi connectivity index (χ3n) is 3.99. The smallest absolute Gasteiger partial charge is 0.327 e. The molecule has 0 bridgehead atoms. The molecule has 122 valence electrons. The molecule has 0 radical (unpaired) electrons. The van der Waals surface area contributed by atoms with E-state index in [1.54, 1.807) is 4.90 Å². The number of halogens is 2. The maximum Gasteiger partial charge on any atom is 0.327 e. The summed E-state index contributed by atoms with van der Waals surface area (Å²) in [5.74, 6) is -2.93. The number of imidazole rings is 1. The van der Waals surface area contributed by atoms with Gasteiger partial charge >= 0.3 is 5.97 Å². The molecule has 0 aliphatic carbocycles. The number of nitrogens with zero attached hydrogens (tertiary/aromatic N) is 2. The molecular formula is C15H15F2N3O3. The van der Waals surface area contributed by atoms with Crippen molar-refractivity contribution in [3.05, 3.63) is 47.0 Å². The van der Waals surface area contributed by atoms with Gasteiger partial charge in [0.15, 0.2) is 17.7 Å². The van der Waals surface area contributed by atoms with Crippen LogP contribution in [0, 0.1) is 11.6 Å². The Hall–Kier alpha value is -2.48. The van der Waals surface area contributed by atoms with E-state index >= 15 is 0 Å². The number of carboxylic acid groups (broad SMARTS) is 1. The Labute approximate surface area is 130 Å². The zero-order valence-electron chi connectivity index (χ0n) is 12.3. The Kier molecular flexibility index (Phi) is 3.99. The van der Waals surface area contributed by atoms with Crippen LogP contribution in [0.5, 0.6) is 5.75 Å². The zero-order chi connectivity index (χ0) is 16.6. The van der Waals surface area contributed by atoms with Crippen molar-refractivity contribution in [3.8, 4) is 5.75 Å². The molecule has 0 saturated heterocycles. The summed E-state index contributed by atoms with van der Waals surface area (Å²) in [6.45, 7) is 0.293. The molecule has 1 aromatic carbocycles. The van der Waals surface area contributed by atoms with Gasteiger partial charge in [0, 0.05) is 30.8 Å². The minimum atomic E-state index is -1.09. The van der Waals surface area contributed by atoms with Gasteiger partial charge in [-0.25, -0.2) is 13.8 Å². The standard InChI is InChI=1S/C15H15F2N3O3/c1-23-11-3-2-9(16)12(17)8(11)6-20-5-4-10-13(19-7-18-10)14(20)15(21)22/h2-3,7,14H,4-6H2,1H3,(H,18,19)(H,21,22)/t14-/m1/s1. The first-order valence-corrected chi connectivity index (χ1v) is 7.02. The van der Waals surface area contributed by atoms with Crippen LogP contribution in [-0.4, -0.2) is 39.6 Å². The second-order valence-corrected chi connectivity index (χ2v) is 5.27. The number of hydrogen-bond donors (Lipinski definition) is 2. The molecule has 6 nitrogen and oxygen atoms in total. The predicted octanol–water partition coefficient (Wildman–Crippen LogP) is 1.88. The molecule has 1 atom stereocenters. The maximum absolute atomic E-state index is 14.1. The van der Waals surface area contributed by atoms with Crippen molar-refractivity contribution in [1.29, 1.82) is 0 Å². The Balaban J connectivity index is 1.97. The number of methoxy groups -OCH3 is 1. The van der Waals surface area contributed by atoms with E-state index in [0.29, 0.717) is 18.7 Å². The van der Waals surface area contributed by atoms with Gasteiger partial charge in [-0.2, -0.15) is 0 Å². The van der Waals surface area contributed by atoms with Crippen LogP contribution in [-0.2, 0) is 17.8 Å². The average molecular weight is 323 g/mol. The Morgan fingerprint density at radius 1 is 1.52 bits per heavy atom. The van der Waals surface area contributed by atoms with E-state index in [4.69, 9.17) is 4.74 Å². The van der Waals surface area contributed by atoms with Gasteiger partial charge in [-0.15, -0.1) is 0 Å². The number of fused-ring (bicyclic) bond motifs is 1. The zero-order valence-corrected chi connectivity index (χ0v) is 12.3. The second-order valence-electron chi connectivity index (χ2n) is 5.27. The average Bonchev–Trinajstić information content (AvgIpc) is 2.99. The van der Waals surface area contributed by atoms with Crippen molar-refractivity contribution >= 4 is 5.97 Å². The molecule has 3 rings (SSSR count). The molecule has 1 aliphatic rings. The number of aliphatic carboxylic acids is 1. The van der Waals surface area contributed by atoms with Gasteiger partial charge in [0.25, 0.3) is 0 Å². The van der Waals surface area contributed by atoms with Crippen LogP contribution >= 0.6 is 0 Å². The molecule has 0 fully saturated rings. The number of aromatic nitrogens is 2. The fourth-order valence-corrected chi connectivity index (χ4v) is 2.88. The molecule has 0 amide bonds. The Morgan fingerprint density at radius 2 is 2.30 bits per heavy atom. The van der Waals surface area contributed by atoms with Gasteiger partial charge in [0.05, 0.1) is 19.1 Å². The highest BCUT2D eigenvalue weighted by Crippen LogP contribution is 2.32. The summed E-state index contributed by atoms with van der Waals surface area (Å²) >= 11 is 0. The highest BCUT2D eigenvalue weighted by Gasteiger charge is 2.36. The summed E-state index contributed by atoms with van der Waals surface area (Å²) in [5.41, 5.74) is 1.15. The second kappa shape index (κ2) is 5.96. The van der Waals surface area contributed by atoms with Crippen molar-refractivity contribution in [3.63, 3.8) is 0 Å². The molecule has 0 saturated carbocycles. The lowest BCUT2D eigenvalue weighted by Crippen LogP contribution is -2.39. The van der Waals surface area contributed by atoms with Gasteiger partial charge in [-0.05, 0) is 12.1 Å². The number of hydrogen-bond acceptors (Lipinski definition) is 4. The van der Waals surface area contributed by atoms with E-state index < -0.39 is 23.6 Å². The topological polar surface area (TPSA) is 78.5 Å². The minimum absolute atomic E-state index is 0.00210. The van der Waals surface area contributed by atoms with E-state index in [1.807, 2.05) is 0 Å². The molecular weight excluding hydrogens is 308 g/mol. The number of ether oxygens (including phenoxy) is 1. The fourth-order valence-electron chi connectivity index (χ4n) is 2.88. The Bertz CT molecular complexity index is 748. The van der Waals surface area contributed by atoms with Gasteiger partial charge < -0.3 is 14.8 Å². The van der Waals surface area contributed by atoms with Crippen LogP contribution in [0.25, 0.3) is 0 Å². The summed E-state index contributed by atoms with van der Waals surface area (Å²) < 4.78 is 32.7. The SMILES string of the molecule is COc1ccc(F)c(F)c1CN1CCc2[nH]cnc2[C@@H]1C(=O)O. The number of rotatable bonds is 4. The van der Waals surface area contributed by atoms with Crippen LogP contribution in [0.4, 0.5) is 8.78 Å². The predicted molar refractivity (Wildman–Crippen MR) is 76.0 cm³/mol. The lowest BCUT2D eigenvalue weighted by atomic mass is 10.0. The quantitative estimate of drug-likeness (QED) is 0.898. The van der Waals surface area contributed by atoms with Gasteiger partial charge in [-0.3, -0.25) is 9.69 Å². The molecule has 0 unspecified atom stereocenters. The molecule has 23 heavy (non-hydrogen) atoms. The lowest BCUT2D eigenvalue weighted by Gasteiger charge is -2.32. The summed E-state index contributed by atoms with van der Waals surface area (Å²) in [5, 5.41) is 9.51. The summed E-state index contributed by atoms with van der Waals surface area (Å²) in [4.78, 5) is 20.1. The molecule has 2 N–H and O–H groups in total. The molecule has 2 aromatic rings. The fraction of sp³-hybridized carbons (Fsp3) is 0.333. The van der Waals surface area contributed by atoms with E-state index in [2.05, 4.69) is 9.97 Å². The van der Waals surface area contributed by atoms with Gasteiger partial charge in [0.1, 0.15) is 5.75 Å². The van der Waals surface area contributed by atoms with E-state index in [0.717, 1.165) is 11.8 Å². The number of benzene rings is 1. The number of nitrogens with one attached hydrogen (secondary N) is 1. The summed E-state index contributed by atoms with van der Waals surface area (Å²) in [7, 11) is 1.35. The minimum Gasteiger partial charge on any atom is -0.496 e. The highest BCUT2D eigenvalue weighted by molar-refractivity contribution is 5.75. The summed E-state index contributed by atoms with van der Waals surface area (Å²) in [6.07, 6.45) is 1.99. The maximum atomic E-state index is 14.1. The highest BCUT2D eigenvalue weighted by atomic mass is 19.2. The van der Waals surface area contributed by atoms with Crippen LogP contribution in [0.1, 0.15) is 23.0 Å². The Morgan fingerprint density at radius 3 is 3.00 bits per heavy atom. The van der Waals surface area contributed by atoms with Crippen LogP contribution in [0.3, 0.4) is 0 Å². The molecule has 1 aliphatic heterocycles. The van der Waals surface area contributed by atoms with Crippen molar-refractivity contribution in [2.75, 3.05) is 13.7 Å². The van der Waals surface area contributed by atoms with Crippen molar-refractivity contribution in [2.24, 2.45) is 0 Å². The molecule has 2 heterocycles. The van der Waals surface area contributed by atoms with E-state index in [-0.39, 0.29) is 17.9 Å². The van der Waals surface area contributed by atoms with Gasteiger partial charge in [0.2, 0.25) is 0 Å². The lowest BCUT2D eigenvalue weighted by molar-refractivity contribution is -0.144.